The lowest BCUT2D eigenvalue weighted by Gasteiger charge is -2.24. The van der Waals surface area contributed by atoms with Crippen LogP contribution in [0.25, 0.3) is 0 Å². The number of hydrogen-bond acceptors (Lipinski definition) is 4. The molecule has 1 unspecified atom stereocenters. The highest BCUT2D eigenvalue weighted by atomic mass is 16.2. The predicted molar refractivity (Wildman–Crippen MR) is 143 cm³/mol. The van der Waals surface area contributed by atoms with Gasteiger partial charge >= 0.3 is 0 Å². The molecule has 0 aromatic heterocycles. The maximum absolute atomic E-state index is 13.3. The molecule has 3 rings (SSSR count). The highest BCUT2D eigenvalue weighted by molar-refractivity contribution is 6.38. The molecule has 0 aliphatic rings. The molecule has 3 aromatic carbocycles. The van der Waals surface area contributed by atoms with E-state index in [4.69, 9.17) is 0 Å². The highest BCUT2D eigenvalue weighted by Gasteiger charge is 2.31. The monoisotopic (exact) mass is 499 g/mol. The van der Waals surface area contributed by atoms with E-state index in [9.17, 15) is 19.2 Å². The van der Waals surface area contributed by atoms with Gasteiger partial charge in [-0.2, -0.15) is 0 Å². The number of ketones is 1. The molecule has 0 saturated heterocycles. The first-order valence-corrected chi connectivity index (χ1v) is 12.4. The third kappa shape index (κ3) is 8.72. The number of carbonyl (C=O) groups excluding carboxylic acids is 4. The second-order valence-corrected chi connectivity index (χ2v) is 9.31. The van der Waals surface area contributed by atoms with Crippen LogP contribution in [0.3, 0.4) is 0 Å². The van der Waals surface area contributed by atoms with Crippen LogP contribution in [0.2, 0.25) is 0 Å². The average Bonchev–Trinajstić information content (AvgIpc) is 2.91. The maximum Gasteiger partial charge on any atom is 0.289 e. The molecule has 0 aliphatic carbocycles. The summed E-state index contributed by atoms with van der Waals surface area (Å²) in [5, 5.41) is 8.17. The summed E-state index contributed by atoms with van der Waals surface area (Å²) in [7, 11) is 0. The van der Waals surface area contributed by atoms with E-state index in [1.165, 1.54) is 0 Å². The summed E-state index contributed by atoms with van der Waals surface area (Å²) in [4.78, 5) is 52.0. The fraction of sp³-hybridized carbons (Fsp3) is 0.267. The van der Waals surface area contributed by atoms with Crippen molar-refractivity contribution < 1.29 is 19.2 Å². The standard InChI is InChI=1S/C30H33N3O4/c1-21(2)18-26(33-28(35)24-16-10-5-11-17-24)29(36)32-25(19-22-12-6-3-7-13-22)27(34)30(37)31-20-23-14-8-4-9-15-23/h3-17,21,25-26H,18-20H2,1-2H3,(H,31,37)(H,32,36)(H,33,35)/t25?,26-/m0/s1. The van der Waals surface area contributed by atoms with Crippen molar-refractivity contribution in [2.75, 3.05) is 0 Å². The third-order valence-electron chi connectivity index (χ3n) is 5.80. The quantitative estimate of drug-likeness (QED) is 0.332. The Balaban J connectivity index is 1.75. The molecular weight excluding hydrogens is 466 g/mol. The third-order valence-corrected chi connectivity index (χ3v) is 5.80. The van der Waals surface area contributed by atoms with Crippen molar-refractivity contribution in [3.05, 3.63) is 108 Å². The number of nitrogens with one attached hydrogen (secondary N) is 3. The van der Waals surface area contributed by atoms with Gasteiger partial charge in [0.15, 0.2) is 0 Å². The Morgan fingerprint density at radius 3 is 1.78 bits per heavy atom. The van der Waals surface area contributed by atoms with Crippen LogP contribution in [0, 0.1) is 5.92 Å². The molecule has 3 amide bonds. The van der Waals surface area contributed by atoms with E-state index in [-0.39, 0.29) is 24.8 Å². The normalized spacial score (nSPS) is 12.3. The van der Waals surface area contributed by atoms with Gasteiger partial charge in [0.25, 0.3) is 11.8 Å². The molecule has 7 nitrogen and oxygen atoms in total. The maximum atomic E-state index is 13.3. The summed E-state index contributed by atoms with van der Waals surface area (Å²) in [6.07, 6.45) is 0.516. The fourth-order valence-electron chi connectivity index (χ4n) is 3.89. The summed E-state index contributed by atoms with van der Waals surface area (Å²) in [5.41, 5.74) is 2.08. The predicted octanol–water partition coefficient (Wildman–Crippen LogP) is 3.44. The van der Waals surface area contributed by atoms with Crippen molar-refractivity contribution >= 4 is 23.5 Å². The zero-order valence-electron chi connectivity index (χ0n) is 21.1. The van der Waals surface area contributed by atoms with Gasteiger partial charge in [-0.3, -0.25) is 19.2 Å². The molecule has 0 fully saturated rings. The SMILES string of the molecule is CC(C)C[C@H](NC(=O)c1ccccc1)C(=O)NC(Cc1ccccc1)C(=O)C(=O)NCc1ccccc1. The average molecular weight is 500 g/mol. The largest absolute Gasteiger partial charge is 0.345 e. The van der Waals surface area contributed by atoms with E-state index in [0.717, 1.165) is 11.1 Å². The van der Waals surface area contributed by atoms with Crippen LogP contribution in [0.15, 0.2) is 91.0 Å². The van der Waals surface area contributed by atoms with E-state index in [1.807, 2.05) is 74.5 Å². The van der Waals surface area contributed by atoms with Gasteiger partial charge in [0.2, 0.25) is 11.7 Å². The van der Waals surface area contributed by atoms with Gasteiger partial charge in [-0.1, -0.05) is 92.7 Å². The van der Waals surface area contributed by atoms with Crippen molar-refractivity contribution in [1.82, 2.24) is 16.0 Å². The second-order valence-electron chi connectivity index (χ2n) is 9.31. The van der Waals surface area contributed by atoms with Crippen LogP contribution in [0.4, 0.5) is 0 Å². The lowest BCUT2D eigenvalue weighted by Crippen LogP contribution is -2.54. The lowest BCUT2D eigenvalue weighted by molar-refractivity contribution is -0.140. The van der Waals surface area contributed by atoms with Gasteiger partial charge in [-0.05, 0) is 35.6 Å². The van der Waals surface area contributed by atoms with Crippen molar-refractivity contribution in [2.45, 2.75) is 45.3 Å². The molecule has 0 radical (unpaired) electrons. The van der Waals surface area contributed by atoms with Gasteiger partial charge in [-0.25, -0.2) is 0 Å². The molecule has 37 heavy (non-hydrogen) atoms. The Labute approximate surface area is 217 Å². The first-order valence-electron chi connectivity index (χ1n) is 12.4. The minimum Gasteiger partial charge on any atom is -0.345 e. The van der Waals surface area contributed by atoms with Crippen LogP contribution in [0.5, 0.6) is 0 Å². The van der Waals surface area contributed by atoms with Crippen LogP contribution >= 0.6 is 0 Å². The summed E-state index contributed by atoms with van der Waals surface area (Å²) < 4.78 is 0. The van der Waals surface area contributed by atoms with Crippen molar-refractivity contribution in [2.24, 2.45) is 5.92 Å². The Morgan fingerprint density at radius 2 is 1.22 bits per heavy atom. The van der Waals surface area contributed by atoms with E-state index < -0.39 is 29.7 Å². The van der Waals surface area contributed by atoms with Crippen molar-refractivity contribution in [3.63, 3.8) is 0 Å². The lowest BCUT2D eigenvalue weighted by atomic mass is 9.99. The van der Waals surface area contributed by atoms with Crippen molar-refractivity contribution in [3.8, 4) is 0 Å². The van der Waals surface area contributed by atoms with E-state index in [0.29, 0.717) is 12.0 Å². The smallest absolute Gasteiger partial charge is 0.289 e. The minimum absolute atomic E-state index is 0.101. The molecular formula is C30H33N3O4. The minimum atomic E-state index is -1.09. The van der Waals surface area contributed by atoms with Gasteiger partial charge in [0.05, 0.1) is 0 Å². The number of benzene rings is 3. The summed E-state index contributed by atoms with van der Waals surface area (Å²) in [6.45, 7) is 4.08. The Bertz CT molecular complexity index is 1180. The summed E-state index contributed by atoms with van der Waals surface area (Å²) >= 11 is 0. The topological polar surface area (TPSA) is 104 Å². The summed E-state index contributed by atoms with van der Waals surface area (Å²) in [6, 6.07) is 25.1. The molecule has 192 valence electrons. The number of carbonyl (C=O) groups is 4. The van der Waals surface area contributed by atoms with Crippen LogP contribution in [0.1, 0.15) is 41.8 Å². The van der Waals surface area contributed by atoms with E-state index in [1.54, 1.807) is 30.3 Å². The molecule has 7 heteroatoms. The number of amides is 3. The summed E-state index contributed by atoms with van der Waals surface area (Å²) in [5.74, 6) is -2.31. The van der Waals surface area contributed by atoms with Gasteiger partial charge in [0.1, 0.15) is 12.1 Å². The van der Waals surface area contributed by atoms with Crippen LogP contribution in [-0.4, -0.2) is 35.6 Å². The van der Waals surface area contributed by atoms with Gasteiger partial charge in [0, 0.05) is 18.5 Å². The van der Waals surface area contributed by atoms with Gasteiger partial charge in [-0.15, -0.1) is 0 Å². The van der Waals surface area contributed by atoms with Crippen molar-refractivity contribution in [1.29, 1.82) is 0 Å². The van der Waals surface area contributed by atoms with E-state index >= 15 is 0 Å². The first kappa shape index (κ1) is 27.3. The zero-order valence-corrected chi connectivity index (χ0v) is 21.1. The highest BCUT2D eigenvalue weighted by Crippen LogP contribution is 2.10. The molecule has 2 atom stereocenters. The Kier molecular flexibility index (Phi) is 10.1. The van der Waals surface area contributed by atoms with Crippen LogP contribution in [-0.2, 0) is 27.3 Å². The number of Topliss-reactive ketones (excluding diaryl/α,β-unsaturated/α-hetero) is 1. The molecule has 0 aliphatic heterocycles. The fourth-order valence-corrected chi connectivity index (χ4v) is 3.89. The first-order chi connectivity index (χ1) is 17.8. The number of rotatable bonds is 12. The Morgan fingerprint density at radius 1 is 0.676 bits per heavy atom. The zero-order chi connectivity index (χ0) is 26.6. The Hall–Kier alpha value is -4.26. The molecule has 0 bridgehead atoms. The van der Waals surface area contributed by atoms with Crippen LogP contribution < -0.4 is 16.0 Å². The van der Waals surface area contributed by atoms with E-state index in [2.05, 4.69) is 16.0 Å². The van der Waals surface area contributed by atoms with Gasteiger partial charge < -0.3 is 16.0 Å². The molecule has 0 saturated carbocycles. The molecule has 0 heterocycles. The molecule has 3 N–H and O–H groups in total. The molecule has 0 spiro atoms. The second kappa shape index (κ2) is 13.7. The number of hydrogen-bond donors (Lipinski definition) is 3. The molecule has 3 aromatic rings.